The maximum absolute atomic E-state index is 2.53. The molecule has 0 radical (unpaired) electrons. The lowest BCUT2D eigenvalue weighted by Crippen LogP contribution is -2.10. The van der Waals surface area contributed by atoms with E-state index in [2.05, 4.69) is 192 Å². The lowest BCUT2D eigenvalue weighted by Gasteiger charge is -2.26. The number of nitrogens with zero attached hydrogens (tertiary/aromatic N) is 2. The van der Waals surface area contributed by atoms with Crippen molar-refractivity contribution in [2.75, 3.05) is 4.90 Å². The Hall–Kier alpha value is -6.38. The van der Waals surface area contributed by atoms with E-state index in [1.165, 1.54) is 61.6 Å². The van der Waals surface area contributed by atoms with Crippen molar-refractivity contribution in [2.24, 2.45) is 0 Å². The van der Waals surface area contributed by atoms with E-state index in [1.807, 2.05) is 0 Å². The molecule has 0 saturated heterocycles. The molecule has 0 amide bonds. The summed E-state index contributed by atoms with van der Waals surface area (Å²) in [5.41, 5.74) is 20.7. The molecule has 0 bridgehead atoms. The lowest BCUT2D eigenvalue weighted by atomic mass is 9.87. The van der Waals surface area contributed by atoms with Crippen molar-refractivity contribution in [1.29, 1.82) is 0 Å². The number of allylic oxidation sites excluding steroid dienone is 5. The Balaban J connectivity index is 0.984. The maximum atomic E-state index is 2.53. The zero-order valence-electron chi connectivity index (χ0n) is 30.5. The van der Waals surface area contributed by atoms with Gasteiger partial charge in [-0.15, -0.1) is 0 Å². The third kappa shape index (κ3) is 5.85. The normalized spacial score (nSPS) is 14.2. The number of aromatic nitrogens is 1. The van der Waals surface area contributed by atoms with Gasteiger partial charge in [0, 0.05) is 34.0 Å². The molecule has 0 aliphatic heterocycles. The number of fused-ring (bicyclic) bond motifs is 5. The van der Waals surface area contributed by atoms with Crippen molar-refractivity contribution in [3.8, 4) is 39.2 Å². The minimum atomic E-state index is 1.10. The fourth-order valence-corrected chi connectivity index (χ4v) is 8.73. The summed E-state index contributed by atoms with van der Waals surface area (Å²) in [7, 11) is 0. The van der Waals surface area contributed by atoms with Crippen LogP contribution in [-0.2, 0) is 19.3 Å². The molecule has 1 aromatic heterocycles. The van der Waals surface area contributed by atoms with Crippen LogP contribution >= 0.6 is 0 Å². The van der Waals surface area contributed by atoms with E-state index in [0.29, 0.717) is 0 Å². The Morgan fingerprint density at radius 2 is 1.00 bits per heavy atom. The summed E-state index contributed by atoms with van der Waals surface area (Å²) >= 11 is 0. The molecule has 3 aliphatic rings. The average Bonchev–Trinajstić information content (AvgIpc) is 3.60. The van der Waals surface area contributed by atoms with Gasteiger partial charge in [-0.2, -0.15) is 0 Å². The summed E-state index contributed by atoms with van der Waals surface area (Å²) in [6, 6.07) is 55.8. The second-order valence-electron chi connectivity index (χ2n) is 14.7. The van der Waals surface area contributed by atoms with Crippen LogP contribution in [0.25, 0.3) is 50.8 Å². The summed E-state index contributed by atoms with van der Waals surface area (Å²) in [4.78, 5) is 2.36. The predicted octanol–water partition coefficient (Wildman–Crippen LogP) is 13.7. The van der Waals surface area contributed by atoms with E-state index in [4.69, 9.17) is 0 Å². The Morgan fingerprint density at radius 3 is 1.65 bits per heavy atom. The second-order valence-corrected chi connectivity index (χ2v) is 14.7. The van der Waals surface area contributed by atoms with Gasteiger partial charge in [0.25, 0.3) is 0 Å². The SMILES string of the molecule is C1=CC(c2ccc(N(c3ccc(-c4ccccc4)cc3)c3ccc(-c4ccc(-n5c6c(c7c5-c5ccccc5CC7)CCC=C6)cc4)cc3)cc2)=CCC1. The zero-order valence-corrected chi connectivity index (χ0v) is 30.5. The van der Waals surface area contributed by atoms with Crippen LogP contribution in [0.15, 0.2) is 176 Å². The van der Waals surface area contributed by atoms with Crippen molar-refractivity contribution < 1.29 is 0 Å². The molecule has 54 heavy (non-hydrogen) atoms. The van der Waals surface area contributed by atoms with Gasteiger partial charge in [0.05, 0.1) is 5.69 Å². The smallest absolute Gasteiger partial charge is 0.0572 e. The highest BCUT2D eigenvalue weighted by molar-refractivity contribution is 5.83. The number of rotatable bonds is 7. The molecule has 0 atom stereocenters. The first-order chi connectivity index (χ1) is 26.8. The van der Waals surface area contributed by atoms with E-state index >= 15 is 0 Å². The molecular formula is C52H42N2. The van der Waals surface area contributed by atoms with E-state index in [-0.39, 0.29) is 0 Å². The van der Waals surface area contributed by atoms with Crippen LogP contribution in [0.5, 0.6) is 0 Å². The van der Waals surface area contributed by atoms with Gasteiger partial charge in [0.1, 0.15) is 0 Å². The summed E-state index contributed by atoms with van der Waals surface area (Å²) < 4.78 is 2.53. The van der Waals surface area contributed by atoms with Gasteiger partial charge < -0.3 is 9.47 Å². The summed E-state index contributed by atoms with van der Waals surface area (Å²) in [6.45, 7) is 0. The van der Waals surface area contributed by atoms with Crippen molar-refractivity contribution in [3.63, 3.8) is 0 Å². The van der Waals surface area contributed by atoms with Crippen LogP contribution in [0.4, 0.5) is 17.1 Å². The van der Waals surface area contributed by atoms with Crippen LogP contribution in [0.3, 0.4) is 0 Å². The summed E-state index contributed by atoms with van der Waals surface area (Å²) in [6.07, 6.45) is 18.3. The lowest BCUT2D eigenvalue weighted by molar-refractivity contribution is 0.900. The first-order valence-electron chi connectivity index (χ1n) is 19.4. The van der Waals surface area contributed by atoms with Gasteiger partial charge in [-0.3, -0.25) is 0 Å². The van der Waals surface area contributed by atoms with Gasteiger partial charge in [0.15, 0.2) is 0 Å². The van der Waals surface area contributed by atoms with Gasteiger partial charge in [-0.25, -0.2) is 0 Å². The molecule has 260 valence electrons. The van der Waals surface area contributed by atoms with Crippen molar-refractivity contribution in [1.82, 2.24) is 4.57 Å². The molecule has 6 aromatic carbocycles. The van der Waals surface area contributed by atoms with Crippen LogP contribution in [-0.4, -0.2) is 4.57 Å². The molecule has 10 rings (SSSR count). The van der Waals surface area contributed by atoms with Gasteiger partial charge in [0.2, 0.25) is 0 Å². The van der Waals surface area contributed by atoms with Crippen molar-refractivity contribution >= 4 is 28.7 Å². The standard InChI is InChI=1S/C52H42N2/c1-3-11-37(12-4-1)39-19-28-44(29-20-39)53(45-30-21-40(22-31-45)38-13-5-2-6-14-38)46-32-23-41(24-33-46)42-25-34-47(35-26-42)54-51-18-10-9-17-49(51)50-36-27-43-15-7-8-16-48(43)52(50)54/h1,3-5,7-8,10-16,18-26,28-35H,2,6,9,17,27,36H2. The quantitative estimate of drug-likeness (QED) is 0.161. The van der Waals surface area contributed by atoms with Crippen LogP contribution in [0, 0.1) is 0 Å². The van der Waals surface area contributed by atoms with Gasteiger partial charge >= 0.3 is 0 Å². The first-order valence-corrected chi connectivity index (χ1v) is 19.4. The molecule has 0 saturated carbocycles. The molecule has 0 fully saturated rings. The monoisotopic (exact) mass is 694 g/mol. The van der Waals surface area contributed by atoms with Gasteiger partial charge in [-0.1, -0.05) is 127 Å². The Labute approximate surface area is 318 Å². The third-order valence-corrected chi connectivity index (χ3v) is 11.4. The van der Waals surface area contributed by atoms with Crippen LogP contribution in [0.2, 0.25) is 0 Å². The fraction of sp³-hybridized carbons (Fsp3) is 0.115. The van der Waals surface area contributed by atoms with E-state index < -0.39 is 0 Å². The topological polar surface area (TPSA) is 8.17 Å². The molecule has 7 aromatic rings. The number of aryl methyl sites for hydroxylation is 1. The maximum Gasteiger partial charge on any atom is 0.0572 e. The number of anilines is 3. The van der Waals surface area contributed by atoms with Crippen LogP contribution < -0.4 is 4.90 Å². The molecule has 0 unspecified atom stereocenters. The largest absolute Gasteiger partial charge is 0.311 e. The molecule has 0 spiro atoms. The van der Waals surface area contributed by atoms with E-state index in [0.717, 1.165) is 55.6 Å². The summed E-state index contributed by atoms with van der Waals surface area (Å²) in [5, 5.41) is 0. The minimum Gasteiger partial charge on any atom is -0.311 e. The molecule has 2 nitrogen and oxygen atoms in total. The Morgan fingerprint density at radius 1 is 0.426 bits per heavy atom. The highest BCUT2D eigenvalue weighted by Gasteiger charge is 2.28. The van der Waals surface area contributed by atoms with Gasteiger partial charge in [-0.05, 0) is 143 Å². The number of hydrogen-bond acceptors (Lipinski definition) is 1. The summed E-state index contributed by atoms with van der Waals surface area (Å²) in [5.74, 6) is 0. The fourth-order valence-electron chi connectivity index (χ4n) is 8.73. The second kappa shape index (κ2) is 13.9. The first kappa shape index (κ1) is 32.3. The minimum absolute atomic E-state index is 1.10. The number of benzene rings is 6. The molecule has 0 N–H and O–H groups in total. The van der Waals surface area contributed by atoms with E-state index in [9.17, 15) is 0 Å². The zero-order chi connectivity index (χ0) is 35.8. The average molecular weight is 695 g/mol. The molecule has 1 heterocycles. The molecule has 2 heteroatoms. The van der Waals surface area contributed by atoms with Crippen LogP contribution in [0.1, 0.15) is 47.2 Å². The predicted molar refractivity (Wildman–Crippen MR) is 228 cm³/mol. The number of hydrogen-bond donors (Lipinski definition) is 0. The Kier molecular flexibility index (Phi) is 8.30. The third-order valence-electron chi connectivity index (χ3n) is 11.4. The van der Waals surface area contributed by atoms with E-state index in [1.54, 1.807) is 11.1 Å². The molecular weight excluding hydrogens is 653 g/mol. The molecule has 3 aliphatic carbocycles. The highest BCUT2D eigenvalue weighted by Crippen LogP contribution is 2.43. The highest BCUT2D eigenvalue weighted by atomic mass is 15.1. The van der Waals surface area contributed by atoms with Crippen molar-refractivity contribution in [2.45, 2.75) is 38.5 Å². The van der Waals surface area contributed by atoms with Crippen molar-refractivity contribution in [3.05, 3.63) is 204 Å². The Bertz CT molecular complexity index is 2540.